The number of rotatable bonds is 4. The molecule has 6 nitrogen and oxygen atoms in total. The van der Waals surface area contributed by atoms with E-state index in [9.17, 15) is 14.7 Å². The molecule has 1 aromatic heterocycles. The molecule has 0 atom stereocenters. The minimum atomic E-state index is -1.01. The van der Waals surface area contributed by atoms with Gasteiger partial charge in [-0.05, 0) is 30.7 Å². The van der Waals surface area contributed by atoms with E-state index in [4.69, 9.17) is 9.68 Å². The second-order valence-electron chi connectivity index (χ2n) is 5.35. The van der Waals surface area contributed by atoms with Crippen molar-refractivity contribution < 1.29 is 19.1 Å². The molecule has 1 N–H and O–H groups in total. The predicted octanol–water partition coefficient (Wildman–Crippen LogP) is 2.95. The van der Waals surface area contributed by atoms with Gasteiger partial charge in [0.1, 0.15) is 23.2 Å². The summed E-state index contributed by atoms with van der Waals surface area (Å²) in [5.74, 6) is -0.614. The van der Waals surface area contributed by atoms with Crippen LogP contribution in [0.2, 0.25) is 0 Å². The molecular weight excluding hydrogens is 308 g/mol. The van der Waals surface area contributed by atoms with E-state index in [1.807, 2.05) is 6.07 Å². The maximum atomic E-state index is 11.9. The second-order valence-corrected chi connectivity index (χ2v) is 5.35. The molecule has 0 bridgehead atoms. The largest absolute Gasteiger partial charge is 0.478 e. The fraction of sp³-hybridized carbons (Fsp3) is 0.167. The molecule has 122 valence electrons. The smallest absolute Gasteiger partial charge is 0.335 e. The van der Waals surface area contributed by atoms with Gasteiger partial charge in [-0.15, -0.1) is 0 Å². The van der Waals surface area contributed by atoms with Gasteiger partial charge in [-0.3, -0.25) is 4.79 Å². The Kier molecular flexibility index (Phi) is 4.85. The third-order valence-electron chi connectivity index (χ3n) is 3.50. The Morgan fingerprint density at radius 2 is 1.96 bits per heavy atom. The van der Waals surface area contributed by atoms with Crippen LogP contribution in [-0.2, 0) is 4.79 Å². The van der Waals surface area contributed by atoms with Gasteiger partial charge >= 0.3 is 5.97 Å². The van der Waals surface area contributed by atoms with Crippen LogP contribution >= 0.6 is 0 Å². The van der Waals surface area contributed by atoms with Crippen molar-refractivity contribution >= 4 is 18.0 Å². The van der Waals surface area contributed by atoms with Crippen LogP contribution in [0.1, 0.15) is 21.7 Å². The summed E-state index contributed by atoms with van der Waals surface area (Å²) in [7, 11) is 3.11. The Balaban J connectivity index is 2.42. The number of carboxylic acids is 1. The summed E-state index contributed by atoms with van der Waals surface area (Å²) in [6.07, 6.45) is 1.36. The van der Waals surface area contributed by atoms with Gasteiger partial charge in [-0.1, -0.05) is 12.1 Å². The highest BCUT2D eigenvalue weighted by Crippen LogP contribution is 2.28. The number of likely N-dealkylation sites (N-methyl/N-ethyl adjacent to an activating group) is 1. The van der Waals surface area contributed by atoms with Crippen LogP contribution in [0.5, 0.6) is 0 Å². The minimum Gasteiger partial charge on any atom is -0.478 e. The van der Waals surface area contributed by atoms with E-state index in [1.165, 1.54) is 17.0 Å². The monoisotopic (exact) mass is 324 g/mol. The number of nitrogens with zero attached hydrogens (tertiary/aromatic N) is 2. The topological polar surface area (TPSA) is 94.5 Å². The van der Waals surface area contributed by atoms with Crippen molar-refractivity contribution in [2.75, 3.05) is 14.1 Å². The highest BCUT2D eigenvalue weighted by Gasteiger charge is 2.15. The number of benzene rings is 1. The van der Waals surface area contributed by atoms with Gasteiger partial charge in [0.15, 0.2) is 0 Å². The first-order valence-corrected chi connectivity index (χ1v) is 7.11. The zero-order chi connectivity index (χ0) is 17.9. The first kappa shape index (κ1) is 17.0. The molecule has 1 amide bonds. The first-order valence-electron chi connectivity index (χ1n) is 7.11. The molecule has 0 saturated carbocycles. The van der Waals surface area contributed by atoms with Crippen molar-refractivity contribution in [3.05, 3.63) is 52.8 Å². The van der Waals surface area contributed by atoms with Crippen LogP contribution in [0.3, 0.4) is 0 Å². The molecule has 1 aromatic carbocycles. The third-order valence-corrected chi connectivity index (χ3v) is 3.50. The van der Waals surface area contributed by atoms with Crippen molar-refractivity contribution in [3.63, 3.8) is 0 Å². The van der Waals surface area contributed by atoms with Crippen molar-refractivity contribution in [3.8, 4) is 17.4 Å². The second kappa shape index (κ2) is 6.84. The van der Waals surface area contributed by atoms with E-state index in [0.717, 1.165) is 0 Å². The average molecular weight is 324 g/mol. The molecule has 1 heterocycles. The molecule has 2 rings (SSSR count). The molecule has 0 radical (unpaired) electrons. The summed E-state index contributed by atoms with van der Waals surface area (Å²) in [5.41, 5.74) is 1.38. The molecular formula is C18H16N2O4. The third kappa shape index (κ3) is 3.36. The summed E-state index contributed by atoms with van der Waals surface area (Å²) in [5, 5.41) is 18.3. The lowest BCUT2D eigenvalue weighted by atomic mass is 10.0. The lowest BCUT2D eigenvalue weighted by Crippen LogP contribution is -2.22. The summed E-state index contributed by atoms with van der Waals surface area (Å²) < 4.78 is 5.66. The van der Waals surface area contributed by atoms with Crippen LogP contribution in [0, 0.1) is 18.3 Å². The number of hydrogen-bond acceptors (Lipinski definition) is 4. The minimum absolute atomic E-state index is 0.0445. The SMILES string of the molecule is Cc1c(C(=O)O)cccc1-c1ccc(/C=C(\C#N)C(=O)N(C)C)o1. The van der Waals surface area contributed by atoms with Gasteiger partial charge in [-0.2, -0.15) is 5.26 Å². The van der Waals surface area contributed by atoms with Gasteiger partial charge in [0, 0.05) is 25.7 Å². The molecule has 0 saturated heterocycles. The molecule has 2 aromatic rings. The molecule has 0 aliphatic carbocycles. The van der Waals surface area contributed by atoms with E-state index in [-0.39, 0.29) is 11.1 Å². The number of nitriles is 1. The Morgan fingerprint density at radius 3 is 2.54 bits per heavy atom. The summed E-state index contributed by atoms with van der Waals surface area (Å²) in [6, 6.07) is 10.1. The van der Waals surface area contributed by atoms with Crippen molar-refractivity contribution in [1.82, 2.24) is 4.90 Å². The van der Waals surface area contributed by atoms with Crippen LogP contribution in [-0.4, -0.2) is 36.0 Å². The fourth-order valence-corrected chi connectivity index (χ4v) is 2.23. The van der Waals surface area contributed by atoms with Gasteiger partial charge in [0.25, 0.3) is 5.91 Å². The van der Waals surface area contributed by atoms with E-state index >= 15 is 0 Å². The zero-order valence-corrected chi connectivity index (χ0v) is 13.5. The quantitative estimate of drug-likeness (QED) is 0.689. The summed E-state index contributed by atoms with van der Waals surface area (Å²) >= 11 is 0. The average Bonchev–Trinajstić information content (AvgIpc) is 3.00. The molecule has 0 unspecified atom stereocenters. The Morgan fingerprint density at radius 1 is 1.25 bits per heavy atom. The van der Waals surface area contributed by atoms with Crippen molar-refractivity contribution in [2.24, 2.45) is 0 Å². The van der Waals surface area contributed by atoms with Gasteiger partial charge in [0.2, 0.25) is 0 Å². The number of hydrogen-bond donors (Lipinski definition) is 1. The maximum absolute atomic E-state index is 11.9. The van der Waals surface area contributed by atoms with E-state index in [2.05, 4.69) is 0 Å². The standard InChI is InChI=1S/C18H16N2O4/c1-11-14(5-4-6-15(11)18(22)23)16-8-7-13(24-16)9-12(10-19)17(21)20(2)3/h4-9H,1-3H3,(H,22,23)/b12-9+. The number of amides is 1. The maximum Gasteiger partial charge on any atom is 0.335 e. The highest BCUT2D eigenvalue weighted by atomic mass is 16.4. The number of furan rings is 1. The van der Waals surface area contributed by atoms with Crippen molar-refractivity contribution in [1.29, 1.82) is 5.26 Å². The highest BCUT2D eigenvalue weighted by molar-refractivity contribution is 6.01. The Bertz CT molecular complexity index is 869. The number of aromatic carboxylic acids is 1. The number of carboxylic acid groups (broad SMARTS) is 1. The van der Waals surface area contributed by atoms with E-state index < -0.39 is 11.9 Å². The zero-order valence-electron chi connectivity index (χ0n) is 13.5. The van der Waals surface area contributed by atoms with Gasteiger partial charge in [-0.25, -0.2) is 4.79 Å². The van der Waals surface area contributed by atoms with Crippen molar-refractivity contribution in [2.45, 2.75) is 6.92 Å². The first-order chi connectivity index (χ1) is 11.3. The van der Waals surface area contributed by atoms with E-state index in [0.29, 0.717) is 22.6 Å². The Labute approximate surface area is 139 Å². The molecule has 0 aliphatic heterocycles. The summed E-state index contributed by atoms with van der Waals surface area (Å²) in [4.78, 5) is 24.4. The van der Waals surface area contributed by atoms with Crippen LogP contribution in [0.4, 0.5) is 0 Å². The van der Waals surface area contributed by atoms with Crippen LogP contribution in [0.25, 0.3) is 17.4 Å². The lowest BCUT2D eigenvalue weighted by molar-refractivity contribution is -0.124. The lowest BCUT2D eigenvalue weighted by Gasteiger charge is -2.08. The van der Waals surface area contributed by atoms with Gasteiger partial charge < -0.3 is 14.4 Å². The molecule has 0 aliphatic rings. The Hall–Kier alpha value is -3.33. The van der Waals surface area contributed by atoms with Crippen LogP contribution in [0.15, 0.2) is 40.3 Å². The van der Waals surface area contributed by atoms with Gasteiger partial charge in [0.05, 0.1) is 5.56 Å². The fourth-order valence-electron chi connectivity index (χ4n) is 2.23. The summed E-state index contributed by atoms with van der Waals surface area (Å²) in [6.45, 7) is 1.70. The number of carbonyl (C=O) groups is 2. The predicted molar refractivity (Wildman–Crippen MR) is 88.1 cm³/mol. The normalized spacial score (nSPS) is 11.0. The van der Waals surface area contributed by atoms with E-state index in [1.54, 1.807) is 45.3 Å². The van der Waals surface area contributed by atoms with Crippen LogP contribution < -0.4 is 0 Å². The number of carbonyl (C=O) groups excluding carboxylic acids is 1. The molecule has 0 fully saturated rings. The molecule has 6 heteroatoms. The molecule has 0 spiro atoms. The molecule has 24 heavy (non-hydrogen) atoms.